The first-order chi connectivity index (χ1) is 13.5. The Kier molecular flexibility index (Phi) is 5.25. The van der Waals surface area contributed by atoms with Crippen LogP contribution in [0.3, 0.4) is 0 Å². The Morgan fingerprint density at radius 1 is 1.29 bits per heavy atom. The Bertz CT molecular complexity index is 1020. The quantitative estimate of drug-likeness (QED) is 0.581. The van der Waals surface area contributed by atoms with Crippen molar-refractivity contribution < 1.29 is 9.47 Å². The number of hydrogen-bond donors (Lipinski definition) is 0. The molecule has 0 fully saturated rings. The van der Waals surface area contributed by atoms with Gasteiger partial charge in [0.2, 0.25) is 0 Å². The standard InChI is InChI=1S/C20H24BrN5O2/c1-5-14(11-27-4)26-16-10-13(3)22-20(18(16)23-24-26)25-6-7-28-17-9-12(2)8-15(21)19(17)25/h8-10,14H,5-7,11H2,1-4H3. The van der Waals surface area contributed by atoms with Crippen LogP contribution in [0.1, 0.15) is 30.6 Å². The largest absolute Gasteiger partial charge is 0.489 e. The normalized spacial score (nSPS) is 14.8. The highest BCUT2D eigenvalue weighted by Gasteiger charge is 2.27. The molecule has 0 N–H and O–H groups in total. The molecule has 1 aliphatic heterocycles. The fourth-order valence-corrected chi connectivity index (χ4v) is 4.47. The van der Waals surface area contributed by atoms with Gasteiger partial charge >= 0.3 is 0 Å². The van der Waals surface area contributed by atoms with E-state index in [4.69, 9.17) is 14.5 Å². The summed E-state index contributed by atoms with van der Waals surface area (Å²) in [7, 11) is 1.71. The first kappa shape index (κ1) is 19.1. The Balaban J connectivity index is 1.89. The molecule has 7 nitrogen and oxygen atoms in total. The molecule has 0 bridgehead atoms. The summed E-state index contributed by atoms with van der Waals surface area (Å²) in [4.78, 5) is 7.01. The molecule has 1 aromatic carbocycles. The highest BCUT2D eigenvalue weighted by atomic mass is 79.9. The maximum Gasteiger partial charge on any atom is 0.163 e. The fourth-order valence-electron chi connectivity index (χ4n) is 3.70. The van der Waals surface area contributed by atoms with Crippen LogP contribution in [-0.2, 0) is 4.74 Å². The maximum atomic E-state index is 5.91. The minimum absolute atomic E-state index is 0.135. The number of hydrogen-bond acceptors (Lipinski definition) is 6. The lowest BCUT2D eigenvalue weighted by Crippen LogP contribution is -2.30. The predicted molar refractivity (Wildman–Crippen MR) is 113 cm³/mol. The summed E-state index contributed by atoms with van der Waals surface area (Å²) in [6, 6.07) is 6.33. The molecule has 1 aliphatic rings. The molecule has 0 saturated carbocycles. The number of methoxy groups -OCH3 is 1. The lowest BCUT2D eigenvalue weighted by atomic mass is 10.1. The molecule has 1 unspecified atom stereocenters. The van der Waals surface area contributed by atoms with E-state index in [-0.39, 0.29) is 6.04 Å². The number of aromatic nitrogens is 4. The first-order valence-corrected chi connectivity index (χ1v) is 10.2. The van der Waals surface area contributed by atoms with Gasteiger partial charge in [-0.15, -0.1) is 5.10 Å². The van der Waals surface area contributed by atoms with E-state index in [0.29, 0.717) is 19.8 Å². The third-order valence-electron chi connectivity index (χ3n) is 5.02. The molecular weight excluding hydrogens is 422 g/mol. The van der Waals surface area contributed by atoms with Crippen molar-refractivity contribution in [3.05, 3.63) is 33.9 Å². The van der Waals surface area contributed by atoms with Crippen molar-refractivity contribution in [2.45, 2.75) is 33.2 Å². The van der Waals surface area contributed by atoms with Gasteiger partial charge in [-0.1, -0.05) is 12.1 Å². The number of aryl methyl sites for hydroxylation is 2. The zero-order valence-corrected chi connectivity index (χ0v) is 18.2. The van der Waals surface area contributed by atoms with Crippen LogP contribution in [0.15, 0.2) is 22.7 Å². The van der Waals surface area contributed by atoms with Gasteiger partial charge < -0.3 is 14.4 Å². The fraction of sp³-hybridized carbons (Fsp3) is 0.450. The van der Waals surface area contributed by atoms with E-state index < -0.39 is 0 Å². The molecule has 148 valence electrons. The second kappa shape index (κ2) is 7.67. The van der Waals surface area contributed by atoms with Gasteiger partial charge in [0.25, 0.3) is 0 Å². The number of benzene rings is 1. The van der Waals surface area contributed by atoms with Crippen LogP contribution < -0.4 is 9.64 Å². The van der Waals surface area contributed by atoms with Gasteiger partial charge in [-0.25, -0.2) is 9.67 Å². The van der Waals surface area contributed by atoms with Gasteiger partial charge in [-0.2, -0.15) is 0 Å². The number of nitrogens with zero attached hydrogens (tertiary/aromatic N) is 5. The van der Waals surface area contributed by atoms with Gasteiger partial charge in [-0.05, 0) is 60.0 Å². The first-order valence-electron chi connectivity index (χ1n) is 9.45. The number of fused-ring (bicyclic) bond motifs is 2. The van der Waals surface area contributed by atoms with E-state index in [0.717, 1.165) is 50.4 Å². The van der Waals surface area contributed by atoms with Gasteiger partial charge in [0.15, 0.2) is 11.3 Å². The van der Waals surface area contributed by atoms with Crippen LogP contribution in [0.4, 0.5) is 11.5 Å². The average Bonchev–Trinajstić information content (AvgIpc) is 3.08. The summed E-state index contributed by atoms with van der Waals surface area (Å²) in [5.41, 5.74) is 4.82. The van der Waals surface area contributed by atoms with Crippen molar-refractivity contribution in [3.63, 3.8) is 0 Å². The van der Waals surface area contributed by atoms with Crippen LogP contribution in [0.25, 0.3) is 11.0 Å². The molecule has 0 spiro atoms. The highest BCUT2D eigenvalue weighted by molar-refractivity contribution is 9.10. The van der Waals surface area contributed by atoms with Crippen LogP contribution in [0.5, 0.6) is 5.75 Å². The van der Waals surface area contributed by atoms with Crippen LogP contribution in [-0.4, -0.2) is 46.8 Å². The molecule has 1 atom stereocenters. The maximum absolute atomic E-state index is 5.91. The Morgan fingerprint density at radius 2 is 2.11 bits per heavy atom. The summed E-state index contributed by atoms with van der Waals surface area (Å²) in [5, 5.41) is 8.95. The molecule has 2 aromatic heterocycles. The minimum Gasteiger partial charge on any atom is -0.489 e. The molecule has 0 saturated heterocycles. The molecule has 28 heavy (non-hydrogen) atoms. The summed E-state index contributed by atoms with van der Waals surface area (Å²) < 4.78 is 14.2. The third-order valence-corrected chi connectivity index (χ3v) is 5.62. The number of ether oxygens (including phenoxy) is 2. The summed E-state index contributed by atoms with van der Waals surface area (Å²) in [6.45, 7) is 8.07. The molecule has 4 rings (SSSR count). The second-order valence-electron chi connectivity index (χ2n) is 7.10. The number of rotatable bonds is 5. The number of halogens is 1. The monoisotopic (exact) mass is 445 g/mol. The van der Waals surface area contributed by atoms with Crippen LogP contribution >= 0.6 is 15.9 Å². The van der Waals surface area contributed by atoms with Crippen LogP contribution in [0.2, 0.25) is 0 Å². The summed E-state index contributed by atoms with van der Waals surface area (Å²) in [5.74, 6) is 1.66. The average molecular weight is 446 g/mol. The number of anilines is 2. The minimum atomic E-state index is 0.135. The van der Waals surface area contributed by atoms with Crippen molar-refractivity contribution in [2.24, 2.45) is 0 Å². The van der Waals surface area contributed by atoms with E-state index in [1.807, 2.05) is 17.7 Å². The van der Waals surface area contributed by atoms with E-state index in [1.165, 1.54) is 0 Å². The van der Waals surface area contributed by atoms with Crippen molar-refractivity contribution in [1.29, 1.82) is 0 Å². The van der Waals surface area contributed by atoms with E-state index in [9.17, 15) is 0 Å². The van der Waals surface area contributed by atoms with Crippen molar-refractivity contribution in [1.82, 2.24) is 20.0 Å². The Hall–Kier alpha value is -2.19. The Morgan fingerprint density at radius 3 is 2.86 bits per heavy atom. The third kappa shape index (κ3) is 3.24. The molecule has 3 aromatic rings. The lowest BCUT2D eigenvalue weighted by molar-refractivity contribution is 0.148. The zero-order valence-electron chi connectivity index (χ0n) is 16.6. The van der Waals surface area contributed by atoms with Gasteiger partial charge in [0, 0.05) is 17.3 Å². The molecule has 8 heteroatoms. The van der Waals surface area contributed by atoms with Gasteiger partial charge in [-0.3, -0.25) is 0 Å². The molecule has 0 aliphatic carbocycles. The number of pyridine rings is 1. The van der Waals surface area contributed by atoms with Gasteiger partial charge in [0.1, 0.15) is 12.4 Å². The molecule has 0 radical (unpaired) electrons. The summed E-state index contributed by atoms with van der Waals surface area (Å²) >= 11 is 3.71. The van der Waals surface area contributed by atoms with E-state index in [2.05, 4.69) is 57.1 Å². The Labute approximate surface area is 172 Å². The molecule has 3 heterocycles. The van der Waals surface area contributed by atoms with E-state index >= 15 is 0 Å². The second-order valence-corrected chi connectivity index (χ2v) is 7.95. The predicted octanol–water partition coefficient (Wildman–Crippen LogP) is 4.33. The smallest absolute Gasteiger partial charge is 0.163 e. The molecule has 0 amide bonds. The van der Waals surface area contributed by atoms with Gasteiger partial charge in [0.05, 0.1) is 30.4 Å². The van der Waals surface area contributed by atoms with Crippen molar-refractivity contribution in [3.8, 4) is 5.75 Å². The highest BCUT2D eigenvalue weighted by Crippen LogP contribution is 2.43. The topological polar surface area (TPSA) is 65.3 Å². The molecular formula is C20H24BrN5O2. The summed E-state index contributed by atoms with van der Waals surface area (Å²) in [6.07, 6.45) is 0.911. The zero-order chi connectivity index (χ0) is 19.8. The lowest BCUT2D eigenvalue weighted by Gasteiger charge is -2.32. The SMILES string of the molecule is CCC(COC)n1nnc2c(N3CCOc4cc(C)cc(Br)c43)nc(C)cc21. The van der Waals surface area contributed by atoms with Crippen molar-refractivity contribution in [2.75, 3.05) is 31.8 Å². The van der Waals surface area contributed by atoms with Crippen LogP contribution in [0, 0.1) is 13.8 Å². The van der Waals surface area contributed by atoms with Crippen molar-refractivity contribution >= 4 is 38.5 Å². The van der Waals surface area contributed by atoms with E-state index in [1.54, 1.807) is 7.11 Å².